The number of rotatable bonds is 4. The van der Waals surface area contributed by atoms with E-state index in [0.29, 0.717) is 12.1 Å². The minimum atomic E-state index is -4.60. The summed E-state index contributed by atoms with van der Waals surface area (Å²) in [5, 5.41) is 0. The Labute approximate surface area is 162 Å². The maximum atomic E-state index is 13.1. The molecule has 2 aromatic carbocycles. The van der Waals surface area contributed by atoms with Gasteiger partial charge in [0.05, 0.1) is 11.3 Å². The van der Waals surface area contributed by atoms with Crippen LogP contribution < -0.4 is 10.5 Å². The van der Waals surface area contributed by atoms with E-state index in [9.17, 15) is 21.6 Å². The molecule has 0 saturated heterocycles. The highest BCUT2D eigenvalue weighted by Gasteiger charge is 2.34. The smallest absolute Gasteiger partial charge is 0.399 e. The summed E-state index contributed by atoms with van der Waals surface area (Å²) in [7, 11) is -3.95. The number of hydrogen-bond acceptors (Lipinski definition) is 3. The second-order valence-corrected chi connectivity index (χ2v) is 8.19. The van der Waals surface area contributed by atoms with Crippen LogP contribution in [0.15, 0.2) is 42.5 Å². The lowest BCUT2D eigenvalue weighted by molar-refractivity contribution is -0.138. The highest BCUT2D eigenvalue weighted by atomic mass is 35.5. The van der Waals surface area contributed by atoms with E-state index in [-0.39, 0.29) is 18.0 Å². The van der Waals surface area contributed by atoms with Crippen molar-refractivity contribution in [1.82, 2.24) is 4.72 Å². The Hall–Kier alpha value is -1.77. The van der Waals surface area contributed by atoms with Crippen molar-refractivity contribution in [3.05, 3.63) is 64.7 Å². The largest absolute Gasteiger partial charge is 0.416 e. The SMILES string of the molecule is Cl.Nc1ccc2c(c1)CCCC2NS(=O)(=O)Cc1ccccc1C(F)(F)F. The molecule has 3 rings (SSSR count). The molecule has 0 saturated carbocycles. The van der Waals surface area contributed by atoms with Crippen LogP contribution in [-0.2, 0) is 28.4 Å². The third-order valence-electron chi connectivity index (χ3n) is 4.47. The van der Waals surface area contributed by atoms with Crippen LogP contribution in [0.2, 0.25) is 0 Å². The van der Waals surface area contributed by atoms with Gasteiger partial charge in [0.25, 0.3) is 0 Å². The Balaban J connectivity index is 0.00000261. The molecular weight excluding hydrogens is 401 g/mol. The average Bonchev–Trinajstić information content (AvgIpc) is 2.53. The molecule has 1 atom stereocenters. The van der Waals surface area contributed by atoms with E-state index >= 15 is 0 Å². The zero-order valence-electron chi connectivity index (χ0n) is 14.3. The highest BCUT2D eigenvalue weighted by molar-refractivity contribution is 7.88. The summed E-state index contributed by atoms with van der Waals surface area (Å²) in [6.07, 6.45) is -2.42. The summed E-state index contributed by atoms with van der Waals surface area (Å²) in [6, 6.07) is 9.57. The third kappa shape index (κ3) is 5.15. The lowest BCUT2D eigenvalue weighted by atomic mass is 9.88. The molecule has 1 aliphatic carbocycles. The van der Waals surface area contributed by atoms with Gasteiger partial charge in [-0.2, -0.15) is 13.2 Å². The minimum absolute atomic E-state index is 0. The van der Waals surface area contributed by atoms with Gasteiger partial charge in [-0.3, -0.25) is 0 Å². The number of aryl methyl sites for hydroxylation is 1. The molecule has 1 aliphatic rings. The van der Waals surface area contributed by atoms with Gasteiger partial charge >= 0.3 is 6.18 Å². The molecule has 0 radical (unpaired) electrons. The number of fused-ring (bicyclic) bond motifs is 1. The molecule has 0 spiro atoms. The van der Waals surface area contributed by atoms with Crippen LogP contribution in [0, 0.1) is 0 Å². The van der Waals surface area contributed by atoms with Crippen molar-refractivity contribution >= 4 is 28.1 Å². The van der Waals surface area contributed by atoms with E-state index in [0.717, 1.165) is 30.0 Å². The molecule has 0 fully saturated rings. The average molecular weight is 421 g/mol. The summed E-state index contributed by atoms with van der Waals surface area (Å²) >= 11 is 0. The van der Waals surface area contributed by atoms with Gasteiger partial charge in [-0.05, 0) is 54.2 Å². The van der Waals surface area contributed by atoms with Crippen LogP contribution in [0.5, 0.6) is 0 Å². The first-order valence-electron chi connectivity index (χ1n) is 8.19. The van der Waals surface area contributed by atoms with Gasteiger partial charge in [-0.15, -0.1) is 12.4 Å². The summed E-state index contributed by atoms with van der Waals surface area (Å²) < 4.78 is 66.9. The van der Waals surface area contributed by atoms with Crippen molar-refractivity contribution in [2.45, 2.75) is 37.2 Å². The minimum Gasteiger partial charge on any atom is -0.399 e. The number of alkyl halides is 3. The molecule has 4 nitrogen and oxygen atoms in total. The second-order valence-electron chi connectivity index (χ2n) is 6.43. The standard InChI is InChI=1S/C18H19F3N2O2S.ClH/c19-18(20,21)16-6-2-1-4-13(16)11-26(24,25)23-17-7-3-5-12-10-14(22)8-9-15(12)17;/h1-2,4,6,8-10,17,23H,3,5,7,11,22H2;1H. The fourth-order valence-corrected chi connectivity index (χ4v) is 4.77. The molecule has 2 aromatic rings. The van der Waals surface area contributed by atoms with E-state index in [1.165, 1.54) is 18.2 Å². The third-order valence-corrected chi connectivity index (χ3v) is 5.81. The van der Waals surface area contributed by atoms with Crippen molar-refractivity contribution in [1.29, 1.82) is 0 Å². The van der Waals surface area contributed by atoms with Crippen LogP contribution in [0.25, 0.3) is 0 Å². The predicted octanol–water partition coefficient (Wildman–Crippen LogP) is 4.21. The quantitative estimate of drug-likeness (QED) is 0.728. The van der Waals surface area contributed by atoms with E-state index in [2.05, 4.69) is 4.72 Å². The van der Waals surface area contributed by atoms with Crippen LogP contribution in [0.1, 0.15) is 41.1 Å². The fraction of sp³-hybridized carbons (Fsp3) is 0.333. The van der Waals surface area contributed by atoms with Crippen LogP contribution in [0.3, 0.4) is 0 Å². The Morgan fingerprint density at radius 3 is 2.56 bits per heavy atom. The normalized spacial score (nSPS) is 17.1. The van der Waals surface area contributed by atoms with Gasteiger partial charge in [-0.25, -0.2) is 13.1 Å². The van der Waals surface area contributed by atoms with Crippen molar-refractivity contribution in [2.75, 3.05) is 5.73 Å². The Morgan fingerprint density at radius 2 is 1.85 bits per heavy atom. The maximum absolute atomic E-state index is 13.1. The molecule has 9 heteroatoms. The molecule has 0 bridgehead atoms. The van der Waals surface area contributed by atoms with Crippen molar-refractivity contribution in [3.63, 3.8) is 0 Å². The first-order chi connectivity index (χ1) is 12.2. The number of halogens is 4. The van der Waals surface area contributed by atoms with Gasteiger partial charge in [0.2, 0.25) is 10.0 Å². The van der Waals surface area contributed by atoms with Gasteiger partial charge in [-0.1, -0.05) is 24.3 Å². The van der Waals surface area contributed by atoms with Crippen molar-refractivity contribution < 1.29 is 21.6 Å². The number of sulfonamides is 1. The molecule has 3 N–H and O–H groups in total. The van der Waals surface area contributed by atoms with Crippen molar-refractivity contribution in [2.24, 2.45) is 0 Å². The first kappa shape index (κ1) is 21.5. The monoisotopic (exact) mass is 420 g/mol. The van der Waals surface area contributed by atoms with E-state index in [1.54, 1.807) is 12.1 Å². The van der Waals surface area contributed by atoms with Gasteiger partial charge in [0.1, 0.15) is 0 Å². The Morgan fingerprint density at radius 1 is 1.15 bits per heavy atom. The number of nitrogen functional groups attached to an aromatic ring is 1. The van der Waals surface area contributed by atoms with Crippen LogP contribution >= 0.6 is 12.4 Å². The molecule has 0 aliphatic heterocycles. The summed E-state index contributed by atoms with van der Waals surface area (Å²) in [5.74, 6) is -0.719. The lowest BCUT2D eigenvalue weighted by Crippen LogP contribution is -2.32. The van der Waals surface area contributed by atoms with E-state index in [4.69, 9.17) is 5.73 Å². The molecule has 148 valence electrons. The summed E-state index contributed by atoms with van der Waals surface area (Å²) in [5.41, 5.74) is 6.98. The number of benzene rings is 2. The maximum Gasteiger partial charge on any atom is 0.416 e. The molecule has 27 heavy (non-hydrogen) atoms. The Kier molecular flexibility index (Phi) is 6.44. The highest BCUT2D eigenvalue weighted by Crippen LogP contribution is 2.34. The van der Waals surface area contributed by atoms with Gasteiger partial charge in [0, 0.05) is 11.7 Å². The zero-order valence-corrected chi connectivity index (χ0v) is 15.9. The number of hydrogen-bond donors (Lipinski definition) is 2. The zero-order chi connectivity index (χ0) is 18.9. The lowest BCUT2D eigenvalue weighted by Gasteiger charge is -2.26. The number of nitrogens with two attached hydrogens (primary N) is 1. The first-order valence-corrected chi connectivity index (χ1v) is 9.84. The predicted molar refractivity (Wildman–Crippen MR) is 101 cm³/mol. The van der Waals surface area contributed by atoms with E-state index in [1.807, 2.05) is 6.07 Å². The molecular formula is C18H20ClF3N2O2S. The molecule has 0 aromatic heterocycles. The van der Waals surface area contributed by atoms with Gasteiger partial charge < -0.3 is 5.73 Å². The van der Waals surface area contributed by atoms with Crippen LogP contribution in [0.4, 0.5) is 18.9 Å². The topological polar surface area (TPSA) is 72.2 Å². The molecule has 0 amide bonds. The summed E-state index contributed by atoms with van der Waals surface area (Å²) in [6.45, 7) is 0. The molecule has 0 heterocycles. The summed E-state index contributed by atoms with van der Waals surface area (Å²) in [4.78, 5) is 0. The van der Waals surface area contributed by atoms with Gasteiger partial charge in [0.15, 0.2) is 0 Å². The fourth-order valence-electron chi connectivity index (χ4n) is 3.34. The Bertz CT molecular complexity index is 917. The number of anilines is 1. The van der Waals surface area contributed by atoms with Crippen LogP contribution in [-0.4, -0.2) is 8.42 Å². The van der Waals surface area contributed by atoms with E-state index < -0.39 is 33.6 Å². The number of nitrogens with one attached hydrogen (secondary N) is 1. The molecule has 1 unspecified atom stereocenters. The second kappa shape index (κ2) is 8.08. The van der Waals surface area contributed by atoms with Crippen molar-refractivity contribution in [3.8, 4) is 0 Å².